The van der Waals surface area contributed by atoms with Gasteiger partial charge in [0.25, 0.3) is 5.91 Å². The van der Waals surface area contributed by atoms with Gasteiger partial charge in [-0.2, -0.15) is 5.10 Å². The molecule has 2 rings (SSSR count). The maximum Gasteiger partial charge on any atom is 0.271 e. The number of hydrazone groups is 1. The number of hydrogen-bond donors (Lipinski definition) is 2. The Hall–Kier alpha value is -2.44. The average molecular weight is 382 g/mol. The van der Waals surface area contributed by atoms with Gasteiger partial charge in [0, 0.05) is 17.0 Å². The van der Waals surface area contributed by atoms with Crippen LogP contribution in [0.3, 0.4) is 0 Å². The molecule has 0 unspecified atom stereocenters. The van der Waals surface area contributed by atoms with E-state index in [9.17, 15) is 14.0 Å². The van der Waals surface area contributed by atoms with E-state index in [0.717, 1.165) is 0 Å². The molecule has 25 heavy (non-hydrogen) atoms. The monoisotopic (exact) mass is 381 g/mol. The fourth-order valence-electron chi connectivity index (χ4n) is 1.86. The fourth-order valence-corrected chi connectivity index (χ4v) is 2.16. The first-order valence-corrected chi connectivity index (χ1v) is 7.94. The summed E-state index contributed by atoms with van der Waals surface area (Å²) in [5.74, 6) is -1.25. The van der Waals surface area contributed by atoms with Crippen molar-refractivity contribution < 1.29 is 14.0 Å². The standard InChI is InChI=1S/C17H14Cl2FN3O2/c1-10(22-23-17(25)11-2-4-12(20)5-3-11)8-16(24)21-13-6-7-14(18)15(19)9-13/h2-7,9H,8H2,1H3,(H,21,24)(H,23,25)/b22-10-. The summed E-state index contributed by atoms with van der Waals surface area (Å²) in [4.78, 5) is 23.8. The first-order chi connectivity index (χ1) is 11.8. The van der Waals surface area contributed by atoms with Crippen molar-refractivity contribution in [2.75, 3.05) is 5.32 Å². The Labute approximate surface area is 153 Å². The Morgan fingerprint density at radius 2 is 1.76 bits per heavy atom. The molecular weight excluding hydrogens is 368 g/mol. The molecule has 2 N–H and O–H groups in total. The molecule has 0 saturated heterocycles. The molecule has 8 heteroatoms. The van der Waals surface area contributed by atoms with Crippen LogP contribution in [0.4, 0.5) is 10.1 Å². The number of hydrogen-bond acceptors (Lipinski definition) is 3. The number of nitrogens with zero attached hydrogens (tertiary/aromatic N) is 1. The summed E-state index contributed by atoms with van der Waals surface area (Å²) in [6.45, 7) is 1.60. The molecule has 2 aromatic carbocycles. The van der Waals surface area contributed by atoms with Gasteiger partial charge in [0.2, 0.25) is 5.91 Å². The highest BCUT2D eigenvalue weighted by Crippen LogP contribution is 2.25. The van der Waals surface area contributed by atoms with E-state index in [1.807, 2.05) is 0 Å². The highest BCUT2D eigenvalue weighted by Gasteiger charge is 2.08. The van der Waals surface area contributed by atoms with Crippen LogP contribution in [-0.2, 0) is 4.79 Å². The summed E-state index contributed by atoms with van der Waals surface area (Å²) < 4.78 is 12.8. The number of carbonyl (C=O) groups excluding carboxylic acids is 2. The van der Waals surface area contributed by atoms with Crippen LogP contribution in [0, 0.1) is 5.82 Å². The molecule has 0 atom stereocenters. The lowest BCUT2D eigenvalue weighted by molar-refractivity contribution is -0.115. The second kappa shape index (κ2) is 8.60. The highest BCUT2D eigenvalue weighted by atomic mass is 35.5. The number of rotatable bonds is 5. The summed E-state index contributed by atoms with van der Waals surface area (Å²) >= 11 is 11.7. The van der Waals surface area contributed by atoms with E-state index in [-0.39, 0.29) is 17.9 Å². The normalized spacial score (nSPS) is 11.1. The van der Waals surface area contributed by atoms with Crippen LogP contribution in [0.1, 0.15) is 23.7 Å². The topological polar surface area (TPSA) is 70.6 Å². The lowest BCUT2D eigenvalue weighted by Crippen LogP contribution is -2.21. The van der Waals surface area contributed by atoms with Crippen molar-refractivity contribution in [2.45, 2.75) is 13.3 Å². The van der Waals surface area contributed by atoms with Crippen LogP contribution in [0.2, 0.25) is 10.0 Å². The van der Waals surface area contributed by atoms with Gasteiger partial charge in [-0.1, -0.05) is 23.2 Å². The lowest BCUT2D eigenvalue weighted by atomic mass is 10.2. The molecule has 0 aliphatic heterocycles. The molecule has 2 amide bonds. The average Bonchev–Trinajstić information content (AvgIpc) is 2.56. The van der Waals surface area contributed by atoms with Crippen LogP contribution >= 0.6 is 23.2 Å². The fraction of sp³-hybridized carbons (Fsp3) is 0.118. The molecule has 0 aliphatic carbocycles. The predicted molar refractivity (Wildman–Crippen MR) is 96.7 cm³/mol. The van der Waals surface area contributed by atoms with Crippen LogP contribution < -0.4 is 10.7 Å². The Bertz CT molecular complexity index is 823. The van der Waals surface area contributed by atoms with Gasteiger partial charge in [-0.05, 0) is 49.4 Å². The number of benzene rings is 2. The van der Waals surface area contributed by atoms with E-state index in [2.05, 4.69) is 15.8 Å². The Morgan fingerprint density at radius 3 is 2.40 bits per heavy atom. The second-order valence-electron chi connectivity index (χ2n) is 5.15. The molecule has 2 aromatic rings. The summed E-state index contributed by atoms with van der Waals surface area (Å²) in [5.41, 5.74) is 3.47. The second-order valence-corrected chi connectivity index (χ2v) is 5.96. The smallest absolute Gasteiger partial charge is 0.271 e. The molecule has 0 saturated carbocycles. The molecule has 0 aromatic heterocycles. The molecule has 5 nitrogen and oxygen atoms in total. The zero-order valence-corrected chi connectivity index (χ0v) is 14.7. The predicted octanol–water partition coefficient (Wildman–Crippen LogP) is 4.27. The van der Waals surface area contributed by atoms with Gasteiger partial charge in [-0.25, -0.2) is 9.82 Å². The first kappa shape index (κ1) is 18.9. The minimum atomic E-state index is -0.496. The third-order valence-corrected chi connectivity index (χ3v) is 3.81. The summed E-state index contributed by atoms with van der Waals surface area (Å²) in [6.07, 6.45) is -0.0239. The SMILES string of the molecule is C/C(CC(=O)Nc1ccc(Cl)c(Cl)c1)=N/NC(=O)c1ccc(F)cc1. The van der Waals surface area contributed by atoms with Crippen LogP contribution in [0.5, 0.6) is 0 Å². The Balaban J connectivity index is 1.89. The van der Waals surface area contributed by atoms with Crippen molar-refractivity contribution in [1.29, 1.82) is 0 Å². The van der Waals surface area contributed by atoms with Gasteiger partial charge in [0.05, 0.1) is 16.5 Å². The zero-order chi connectivity index (χ0) is 18.4. The maximum absolute atomic E-state index is 12.8. The largest absolute Gasteiger partial charge is 0.326 e. The summed E-state index contributed by atoms with van der Waals surface area (Å²) in [6, 6.07) is 9.76. The maximum atomic E-state index is 12.8. The van der Waals surface area contributed by atoms with Crippen LogP contribution in [0.25, 0.3) is 0 Å². The van der Waals surface area contributed by atoms with Crippen molar-refractivity contribution >= 4 is 46.4 Å². The third kappa shape index (κ3) is 5.85. The third-order valence-electron chi connectivity index (χ3n) is 3.07. The molecule has 0 radical (unpaired) electrons. The zero-order valence-electron chi connectivity index (χ0n) is 13.1. The Morgan fingerprint density at radius 1 is 1.08 bits per heavy atom. The number of halogens is 3. The number of carbonyl (C=O) groups is 2. The number of amides is 2. The highest BCUT2D eigenvalue weighted by molar-refractivity contribution is 6.42. The van der Waals surface area contributed by atoms with Crippen molar-refractivity contribution in [1.82, 2.24) is 5.43 Å². The minimum Gasteiger partial charge on any atom is -0.326 e. The van der Waals surface area contributed by atoms with E-state index in [4.69, 9.17) is 23.2 Å². The minimum absolute atomic E-state index is 0.0239. The molecule has 0 fully saturated rings. The molecular formula is C17H14Cl2FN3O2. The molecule has 130 valence electrons. The molecule has 0 aliphatic rings. The van der Waals surface area contributed by atoms with E-state index in [1.54, 1.807) is 19.1 Å². The van der Waals surface area contributed by atoms with E-state index in [0.29, 0.717) is 21.4 Å². The van der Waals surface area contributed by atoms with Gasteiger partial charge in [0.15, 0.2) is 0 Å². The van der Waals surface area contributed by atoms with Gasteiger partial charge >= 0.3 is 0 Å². The van der Waals surface area contributed by atoms with Gasteiger partial charge in [-0.15, -0.1) is 0 Å². The van der Waals surface area contributed by atoms with Crippen molar-refractivity contribution in [3.63, 3.8) is 0 Å². The van der Waals surface area contributed by atoms with E-state index >= 15 is 0 Å². The lowest BCUT2D eigenvalue weighted by Gasteiger charge is -2.06. The van der Waals surface area contributed by atoms with Gasteiger partial charge in [-0.3, -0.25) is 9.59 Å². The Kier molecular flexibility index (Phi) is 6.50. The van der Waals surface area contributed by atoms with Crippen LogP contribution in [0.15, 0.2) is 47.6 Å². The summed E-state index contributed by atoms with van der Waals surface area (Å²) in [5, 5.41) is 7.22. The molecule has 0 heterocycles. The quantitative estimate of drug-likeness (QED) is 0.599. The summed E-state index contributed by atoms with van der Waals surface area (Å²) in [7, 11) is 0. The molecule has 0 bridgehead atoms. The number of anilines is 1. The molecule has 0 spiro atoms. The van der Waals surface area contributed by atoms with Crippen molar-refractivity contribution in [2.24, 2.45) is 5.10 Å². The first-order valence-electron chi connectivity index (χ1n) is 7.19. The van der Waals surface area contributed by atoms with Crippen molar-refractivity contribution in [3.8, 4) is 0 Å². The van der Waals surface area contributed by atoms with Crippen molar-refractivity contribution in [3.05, 3.63) is 63.9 Å². The number of nitrogens with one attached hydrogen (secondary N) is 2. The van der Waals surface area contributed by atoms with E-state index in [1.165, 1.54) is 30.3 Å². The van der Waals surface area contributed by atoms with Gasteiger partial charge in [0.1, 0.15) is 5.82 Å². The van der Waals surface area contributed by atoms with Crippen LogP contribution in [-0.4, -0.2) is 17.5 Å². The van der Waals surface area contributed by atoms with Gasteiger partial charge < -0.3 is 5.32 Å². The van der Waals surface area contributed by atoms with E-state index < -0.39 is 11.7 Å².